The minimum Gasteiger partial charge on any atom is -0.469 e. The molecule has 1 aliphatic rings. The van der Waals surface area contributed by atoms with Crippen LogP contribution in [0.2, 0.25) is 0 Å². The van der Waals surface area contributed by atoms with Crippen molar-refractivity contribution in [2.24, 2.45) is 5.92 Å². The highest BCUT2D eigenvalue weighted by molar-refractivity contribution is 6.02. The van der Waals surface area contributed by atoms with E-state index in [1.54, 1.807) is 0 Å². The molecule has 2 rings (SSSR count). The third-order valence-corrected chi connectivity index (χ3v) is 3.76. The summed E-state index contributed by atoms with van der Waals surface area (Å²) in [5, 5.41) is 0. The molecule has 0 saturated heterocycles. The van der Waals surface area contributed by atoms with E-state index < -0.39 is 0 Å². The first kappa shape index (κ1) is 12.7. The summed E-state index contributed by atoms with van der Waals surface area (Å²) < 4.78 is 4.72. The van der Waals surface area contributed by atoms with Gasteiger partial charge in [-0.2, -0.15) is 0 Å². The van der Waals surface area contributed by atoms with E-state index in [2.05, 4.69) is 4.98 Å². The number of pyridine rings is 1. The van der Waals surface area contributed by atoms with Crippen LogP contribution in [0.15, 0.2) is 0 Å². The number of ether oxygens (including phenoxy) is 1. The molecule has 96 valence electrons. The van der Waals surface area contributed by atoms with Gasteiger partial charge in [0.15, 0.2) is 5.78 Å². The van der Waals surface area contributed by atoms with Crippen LogP contribution in [0.3, 0.4) is 0 Å². The lowest BCUT2D eigenvalue weighted by atomic mass is 9.82. The van der Waals surface area contributed by atoms with Gasteiger partial charge in [0.25, 0.3) is 0 Å². The molecule has 1 aromatic heterocycles. The quantitative estimate of drug-likeness (QED) is 0.711. The Morgan fingerprint density at radius 2 is 1.89 bits per heavy atom. The van der Waals surface area contributed by atoms with Gasteiger partial charge in [0.1, 0.15) is 0 Å². The SMILES string of the molecule is COC(=O)C1CC(=O)c2c(nc(C)c(C)c2C)C1. The average molecular weight is 247 g/mol. The number of methoxy groups -OCH3 is 1. The predicted octanol–water partition coefficient (Wildman–Crippen LogP) is 1.92. The standard InChI is InChI=1S/C14H17NO3/c1-7-8(2)13-11(15-9(7)3)5-10(6-12(13)16)14(17)18-4/h10H,5-6H2,1-4H3. The highest BCUT2D eigenvalue weighted by Gasteiger charge is 2.33. The highest BCUT2D eigenvalue weighted by atomic mass is 16.5. The summed E-state index contributed by atoms with van der Waals surface area (Å²) in [6.07, 6.45) is 0.723. The van der Waals surface area contributed by atoms with Gasteiger partial charge in [0.2, 0.25) is 0 Å². The van der Waals surface area contributed by atoms with Crippen LogP contribution in [0.4, 0.5) is 0 Å². The zero-order valence-corrected chi connectivity index (χ0v) is 11.2. The number of fused-ring (bicyclic) bond motifs is 1. The number of aryl methyl sites for hydroxylation is 1. The molecular formula is C14H17NO3. The fourth-order valence-electron chi connectivity index (χ4n) is 2.50. The molecule has 4 nitrogen and oxygen atoms in total. The molecule has 0 saturated carbocycles. The van der Waals surface area contributed by atoms with Crippen molar-refractivity contribution >= 4 is 11.8 Å². The summed E-state index contributed by atoms with van der Waals surface area (Å²) in [5.74, 6) is -0.713. The minimum absolute atomic E-state index is 0.000231. The van der Waals surface area contributed by atoms with Gasteiger partial charge in [-0.05, 0) is 31.9 Å². The van der Waals surface area contributed by atoms with E-state index in [9.17, 15) is 9.59 Å². The number of nitrogens with zero attached hydrogens (tertiary/aromatic N) is 1. The Morgan fingerprint density at radius 3 is 2.50 bits per heavy atom. The molecule has 4 heteroatoms. The normalized spacial score (nSPS) is 18.4. The first-order chi connectivity index (χ1) is 8.45. The van der Waals surface area contributed by atoms with Crippen molar-refractivity contribution in [1.29, 1.82) is 0 Å². The van der Waals surface area contributed by atoms with Gasteiger partial charge in [-0.3, -0.25) is 14.6 Å². The molecule has 0 spiro atoms. The van der Waals surface area contributed by atoms with E-state index in [1.807, 2.05) is 20.8 Å². The fourth-order valence-corrected chi connectivity index (χ4v) is 2.50. The number of carbonyl (C=O) groups is 2. The molecule has 1 aromatic rings. The maximum atomic E-state index is 12.2. The molecule has 1 atom stereocenters. The second-order valence-corrected chi connectivity index (χ2v) is 4.82. The summed E-state index contributed by atoms with van der Waals surface area (Å²) in [4.78, 5) is 28.2. The van der Waals surface area contributed by atoms with Gasteiger partial charge < -0.3 is 4.74 Å². The number of Topliss-reactive ketones (excluding diaryl/α,β-unsaturated/α-hetero) is 1. The van der Waals surface area contributed by atoms with Crippen molar-refractivity contribution in [2.75, 3.05) is 7.11 Å². The van der Waals surface area contributed by atoms with E-state index in [1.165, 1.54) is 7.11 Å². The second-order valence-electron chi connectivity index (χ2n) is 4.82. The summed E-state index contributed by atoms with van der Waals surface area (Å²) in [6.45, 7) is 5.84. The summed E-state index contributed by atoms with van der Waals surface area (Å²) in [5.41, 5.74) is 4.41. The number of esters is 1. The van der Waals surface area contributed by atoms with Gasteiger partial charge in [-0.1, -0.05) is 0 Å². The number of aromatic nitrogens is 1. The van der Waals surface area contributed by atoms with Gasteiger partial charge in [0.05, 0.1) is 18.7 Å². The van der Waals surface area contributed by atoms with Crippen molar-refractivity contribution < 1.29 is 14.3 Å². The van der Waals surface area contributed by atoms with E-state index in [0.29, 0.717) is 12.0 Å². The Hall–Kier alpha value is -1.71. The summed E-state index contributed by atoms with van der Waals surface area (Å²) in [6, 6.07) is 0. The van der Waals surface area contributed by atoms with Crippen LogP contribution in [0.1, 0.15) is 39.3 Å². The summed E-state index contributed by atoms with van der Waals surface area (Å²) >= 11 is 0. The van der Waals surface area contributed by atoms with Crippen molar-refractivity contribution in [2.45, 2.75) is 33.6 Å². The maximum Gasteiger partial charge on any atom is 0.309 e. The minimum atomic E-state index is -0.385. The monoisotopic (exact) mass is 247 g/mol. The lowest BCUT2D eigenvalue weighted by molar-refractivity contribution is -0.145. The number of ketones is 1. The van der Waals surface area contributed by atoms with E-state index in [-0.39, 0.29) is 24.1 Å². The van der Waals surface area contributed by atoms with Gasteiger partial charge in [-0.25, -0.2) is 0 Å². The average Bonchev–Trinajstić information content (AvgIpc) is 2.34. The molecule has 0 aliphatic heterocycles. The van der Waals surface area contributed by atoms with Crippen LogP contribution >= 0.6 is 0 Å². The topological polar surface area (TPSA) is 56.3 Å². The van der Waals surface area contributed by atoms with Crippen LogP contribution in [0, 0.1) is 26.7 Å². The van der Waals surface area contributed by atoms with Crippen LogP contribution in [0.25, 0.3) is 0 Å². The van der Waals surface area contributed by atoms with E-state index >= 15 is 0 Å². The van der Waals surface area contributed by atoms with Gasteiger partial charge in [0, 0.05) is 24.1 Å². The first-order valence-electron chi connectivity index (χ1n) is 6.03. The number of hydrogen-bond donors (Lipinski definition) is 0. The van der Waals surface area contributed by atoms with Crippen molar-refractivity contribution in [3.63, 3.8) is 0 Å². The molecule has 0 radical (unpaired) electrons. The second kappa shape index (κ2) is 4.52. The number of hydrogen-bond acceptors (Lipinski definition) is 4. The van der Waals surface area contributed by atoms with Crippen LogP contribution in [-0.4, -0.2) is 23.8 Å². The third kappa shape index (κ3) is 1.92. The Labute approximate surface area is 106 Å². The first-order valence-corrected chi connectivity index (χ1v) is 6.03. The predicted molar refractivity (Wildman–Crippen MR) is 66.6 cm³/mol. The smallest absolute Gasteiger partial charge is 0.309 e. The number of rotatable bonds is 1. The largest absolute Gasteiger partial charge is 0.469 e. The molecule has 0 aromatic carbocycles. The fraction of sp³-hybridized carbons (Fsp3) is 0.500. The third-order valence-electron chi connectivity index (χ3n) is 3.76. The molecular weight excluding hydrogens is 230 g/mol. The zero-order valence-electron chi connectivity index (χ0n) is 11.2. The maximum absolute atomic E-state index is 12.2. The number of carbonyl (C=O) groups excluding carboxylic acids is 2. The van der Waals surface area contributed by atoms with Crippen LogP contribution in [0.5, 0.6) is 0 Å². The van der Waals surface area contributed by atoms with E-state index in [4.69, 9.17) is 4.74 Å². The molecule has 1 heterocycles. The molecule has 18 heavy (non-hydrogen) atoms. The van der Waals surface area contributed by atoms with E-state index in [0.717, 1.165) is 22.5 Å². The Morgan fingerprint density at radius 1 is 1.22 bits per heavy atom. The Kier molecular flexibility index (Phi) is 3.20. The lowest BCUT2D eigenvalue weighted by Crippen LogP contribution is -2.29. The lowest BCUT2D eigenvalue weighted by Gasteiger charge is -2.24. The molecule has 1 unspecified atom stereocenters. The molecule has 0 amide bonds. The summed E-state index contributed by atoms with van der Waals surface area (Å²) in [7, 11) is 1.35. The van der Waals surface area contributed by atoms with Gasteiger partial charge >= 0.3 is 5.97 Å². The molecule has 0 fully saturated rings. The van der Waals surface area contributed by atoms with Gasteiger partial charge in [-0.15, -0.1) is 0 Å². The molecule has 1 aliphatic carbocycles. The van der Waals surface area contributed by atoms with Crippen LogP contribution in [-0.2, 0) is 16.0 Å². The molecule has 0 N–H and O–H groups in total. The van der Waals surface area contributed by atoms with Crippen molar-refractivity contribution in [3.8, 4) is 0 Å². The zero-order chi connectivity index (χ0) is 13.4. The van der Waals surface area contributed by atoms with Crippen molar-refractivity contribution in [3.05, 3.63) is 28.1 Å². The Balaban J connectivity index is 2.49. The van der Waals surface area contributed by atoms with Crippen molar-refractivity contribution in [1.82, 2.24) is 4.98 Å². The molecule has 0 bridgehead atoms. The Bertz CT molecular complexity index is 534. The van der Waals surface area contributed by atoms with Crippen LogP contribution < -0.4 is 0 Å². The highest BCUT2D eigenvalue weighted by Crippen LogP contribution is 2.29.